The maximum atomic E-state index is 13.7. The Balaban J connectivity index is 1.74. The third-order valence-electron chi connectivity index (χ3n) is 5.57. The topological polar surface area (TPSA) is 106 Å². The highest BCUT2D eigenvalue weighted by atomic mass is 35.5. The zero-order valence-electron chi connectivity index (χ0n) is 20.2. The fourth-order valence-electron chi connectivity index (χ4n) is 3.68. The summed E-state index contributed by atoms with van der Waals surface area (Å²) in [6.07, 6.45) is 3.33. The second kappa shape index (κ2) is 11.4. The lowest BCUT2D eigenvalue weighted by molar-refractivity contribution is -0.141. The van der Waals surface area contributed by atoms with Gasteiger partial charge in [-0.25, -0.2) is 8.42 Å². The van der Waals surface area contributed by atoms with Crippen molar-refractivity contribution < 1.29 is 17.9 Å². The van der Waals surface area contributed by atoms with Crippen molar-refractivity contribution in [2.75, 3.05) is 29.8 Å². The molecule has 0 fully saturated rings. The standard InChI is InChI=1S/C25H25Cl2N5O4S/c1-3-4-11-36-25(33)16-32(37(34,35)21-14-18(26)13-19(27)15-21)20-5-6-22-17(12-20)9-10-31(22)24-8-7-23(28-2)29-30-24/h5-10,12-15H,3-4,11,16H2,1-2H3,(H,28,29). The van der Waals surface area contributed by atoms with E-state index in [1.807, 2.05) is 29.8 Å². The van der Waals surface area contributed by atoms with Crippen LogP contribution in [0.4, 0.5) is 11.5 Å². The maximum Gasteiger partial charge on any atom is 0.326 e. The summed E-state index contributed by atoms with van der Waals surface area (Å²) < 4.78 is 35.5. The van der Waals surface area contributed by atoms with Gasteiger partial charge in [-0.2, -0.15) is 0 Å². The Morgan fingerprint density at radius 1 is 1.05 bits per heavy atom. The molecule has 0 spiro atoms. The van der Waals surface area contributed by atoms with Crippen molar-refractivity contribution in [3.05, 3.63) is 70.8 Å². The van der Waals surface area contributed by atoms with Gasteiger partial charge in [-0.3, -0.25) is 13.7 Å². The molecule has 2 heterocycles. The second-order valence-electron chi connectivity index (χ2n) is 8.15. The largest absolute Gasteiger partial charge is 0.464 e. The number of benzene rings is 2. The average molecular weight is 562 g/mol. The quantitative estimate of drug-likeness (QED) is 0.206. The number of hydrogen-bond donors (Lipinski definition) is 1. The van der Waals surface area contributed by atoms with Gasteiger partial charge in [0.05, 0.1) is 22.7 Å². The molecule has 0 atom stereocenters. The Kier molecular flexibility index (Phi) is 8.21. The van der Waals surface area contributed by atoms with Crippen LogP contribution in [0.15, 0.2) is 65.7 Å². The molecule has 0 aliphatic rings. The van der Waals surface area contributed by atoms with Gasteiger partial charge in [-0.05, 0) is 61.0 Å². The van der Waals surface area contributed by atoms with Crippen LogP contribution in [-0.4, -0.2) is 49.4 Å². The molecule has 0 aliphatic heterocycles. The zero-order chi connectivity index (χ0) is 26.6. The van der Waals surface area contributed by atoms with E-state index in [9.17, 15) is 13.2 Å². The van der Waals surface area contributed by atoms with E-state index in [2.05, 4.69) is 15.5 Å². The van der Waals surface area contributed by atoms with E-state index in [4.69, 9.17) is 27.9 Å². The van der Waals surface area contributed by atoms with Crippen molar-refractivity contribution in [2.45, 2.75) is 24.7 Å². The van der Waals surface area contributed by atoms with Crippen LogP contribution in [0.1, 0.15) is 19.8 Å². The summed E-state index contributed by atoms with van der Waals surface area (Å²) in [6.45, 7) is 1.66. The first-order valence-electron chi connectivity index (χ1n) is 11.5. The van der Waals surface area contributed by atoms with Crippen molar-refractivity contribution in [1.82, 2.24) is 14.8 Å². The molecule has 0 bridgehead atoms. The van der Waals surface area contributed by atoms with Crippen molar-refractivity contribution in [3.8, 4) is 5.82 Å². The molecular formula is C25H25Cl2N5O4S. The lowest BCUT2D eigenvalue weighted by Crippen LogP contribution is -2.36. The molecule has 12 heteroatoms. The van der Waals surface area contributed by atoms with Gasteiger partial charge in [0.1, 0.15) is 12.4 Å². The fraction of sp³-hybridized carbons (Fsp3) is 0.240. The molecule has 4 aromatic rings. The molecule has 0 radical (unpaired) electrons. The molecule has 0 unspecified atom stereocenters. The normalized spacial score (nSPS) is 11.5. The molecule has 2 aromatic carbocycles. The first kappa shape index (κ1) is 26.7. The summed E-state index contributed by atoms with van der Waals surface area (Å²) in [6, 6.07) is 14.5. The molecule has 0 saturated heterocycles. The number of unbranched alkanes of at least 4 members (excludes halogenated alkanes) is 1. The summed E-state index contributed by atoms with van der Waals surface area (Å²) in [7, 11) is -2.46. The zero-order valence-corrected chi connectivity index (χ0v) is 22.5. The van der Waals surface area contributed by atoms with E-state index in [0.717, 1.165) is 21.6 Å². The maximum absolute atomic E-state index is 13.7. The number of anilines is 2. The molecule has 0 aliphatic carbocycles. The smallest absolute Gasteiger partial charge is 0.326 e. The van der Waals surface area contributed by atoms with Crippen LogP contribution in [-0.2, 0) is 19.6 Å². The minimum atomic E-state index is -4.22. The van der Waals surface area contributed by atoms with E-state index in [-0.39, 0.29) is 27.2 Å². The minimum absolute atomic E-state index is 0.135. The van der Waals surface area contributed by atoms with Gasteiger partial charge >= 0.3 is 5.97 Å². The van der Waals surface area contributed by atoms with Crippen molar-refractivity contribution >= 4 is 61.6 Å². The van der Waals surface area contributed by atoms with E-state index >= 15 is 0 Å². The number of carbonyl (C=O) groups excluding carboxylic acids is 1. The Bertz CT molecular complexity index is 1500. The molecule has 9 nitrogen and oxygen atoms in total. The number of nitrogens with one attached hydrogen (secondary N) is 1. The van der Waals surface area contributed by atoms with Crippen molar-refractivity contribution in [2.24, 2.45) is 0 Å². The fourth-order valence-corrected chi connectivity index (χ4v) is 5.81. The Morgan fingerprint density at radius 3 is 2.46 bits per heavy atom. The molecule has 194 valence electrons. The second-order valence-corrected chi connectivity index (χ2v) is 10.9. The highest BCUT2D eigenvalue weighted by Crippen LogP contribution is 2.31. The van der Waals surface area contributed by atoms with E-state index in [1.165, 1.54) is 18.2 Å². The molecule has 2 aromatic heterocycles. The number of nitrogens with zero attached hydrogens (tertiary/aromatic N) is 4. The minimum Gasteiger partial charge on any atom is -0.464 e. The van der Waals surface area contributed by atoms with Crippen LogP contribution < -0.4 is 9.62 Å². The Morgan fingerprint density at radius 2 is 1.81 bits per heavy atom. The number of carbonyl (C=O) groups is 1. The van der Waals surface area contributed by atoms with Gasteiger partial charge in [0.2, 0.25) is 0 Å². The third-order valence-corrected chi connectivity index (χ3v) is 7.76. The summed E-state index contributed by atoms with van der Waals surface area (Å²) in [5, 5.41) is 12.3. The molecule has 4 rings (SSSR count). The number of sulfonamides is 1. The number of ether oxygens (including phenoxy) is 1. The van der Waals surface area contributed by atoms with E-state index in [1.54, 1.807) is 31.3 Å². The van der Waals surface area contributed by atoms with Gasteiger partial charge in [-0.1, -0.05) is 36.5 Å². The molecule has 1 N–H and O–H groups in total. The first-order chi connectivity index (χ1) is 17.7. The number of hydrogen-bond acceptors (Lipinski definition) is 7. The van der Waals surface area contributed by atoms with Gasteiger partial charge in [-0.15, -0.1) is 10.2 Å². The first-order valence-corrected chi connectivity index (χ1v) is 13.7. The summed E-state index contributed by atoms with van der Waals surface area (Å²) in [4.78, 5) is 12.5. The van der Waals surface area contributed by atoms with Crippen LogP contribution in [0.2, 0.25) is 10.0 Å². The van der Waals surface area contributed by atoms with Crippen LogP contribution >= 0.6 is 23.2 Å². The Hall–Kier alpha value is -3.34. The van der Waals surface area contributed by atoms with E-state index in [0.29, 0.717) is 18.1 Å². The monoisotopic (exact) mass is 561 g/mol. The van der Waals surface area contributed by atoms with Crippen molar-refractivity contribution in [3.63, 3.8) is 0 Å². The third kappa shape index (κ3) is 5.98. The summed E-state index contributed by atoms with van der Waals surface area (Å²) >= 11 is 12.2. The molecular weight excluding hydrogens is 537 g/mol. The highest BCUT2D eigenvalue weighted by Gasteiger charge is 2.29. The van der Waals surface area contributed by atoms with Crippen LogP contribution in [0, 0.1) is 0 Å². The van der Waals surface area contributed by atoms with Crippen LogP contribution in [0.5, 0.6) is 0 Å². The molecule has 0 amide bonds. The summed E-state index contributed by atoms with van der Waals surface area (Å²) in [5.41, 5.74) is 1.06. The predicted octanol–water partition coefficient (Wildman–Crippen LogP) is 5.31. The average Bonchev–Trinajstić information content (AvgIpc) is 3.30. The number of rotatable bonds is 10. The lowest BCUT2D eigenvalue weighted by atomic mass is 10.2. The lowest BCUT2D eigenvalue weighted by Gasteiger charge is -2.24. The summed E-state index contributed by atoms with van der Waals surface area (Å²) in [5.74, 6) is 0.567. The number of esters is 1. The van der Waals surface area contributed by atoms with Gasteiger partial charge < -0.3 is 10.1 Å². The highest BCUT2D eigenvalue weighted by molar-refractivity contribution is 7.92. The predicted molar refractivity (Wildman–Crippen MR) is 145 cm³/mol. The van der Waals surface area contributed by atoms with Crippen LogP contribution in [0.25, 0.3) is 16.7 Å². The van der Waals surface area contributed by atoms with E-state index < -0.39 is 22.5 Å². The van der Waals surface area contributed by atoms with Crippen molar-refractivity contribution in [1.29, 1.82) is 0 Å². The number of halogens is 2. The molecule has 37 heavy (non-hydrogen) atoms. The van der Waals surface area contributed by atoms with Gasteiger partial charge in [0, 0.05) is 28.7 Å². The van der Waals surface area contributed by atoms with Gasteiger partial charge in [0.25, 0.3) is 10.0 Å². The SMILES string of the molecule is CCCCOC(=O)CN(c1ccc2c(ccn2-c2ccc(NC)nn2)c1)S(=O)(=O)c1cc(Cl)cc(Cl)c1. The van der Waals surface area contributed by atoms with Gasteiger partial charge in [0.15, 0.2) is 5.82 Å². The number of aromatic nitrogens is 3. The Labute approximate surface area is 225 Å². The van der Waals surface area contributed by atoms with Crippen LogP contribution in [0.3, 0.4) is 0 Å². The number of fused-ring (bicyclic) bond motifs is 1. The molecule has 0 saturated carbocycles.